The maximum absolute atomic E-state index is 12.3. The second kappa shape index (κ2) is 3.36. The van der Waals surface area contributed by atoms with Crippen LogP contribution in [0.1, 0.15) is 11.1 Å². The van der Waals surface area contributed by atoms with E-state index in [4.69, 9.17) is 5.11 Å². The van der Waals surface area contributed by atoms with Crippen LogP contribution in [0.5, 0.6) is 5.75 Å². The van der Waals surface area contributed by atoms with Crippen LogP contribution in [0.15, 0.2) is 12.1 Å². The molecule has 1 aromatic rings. The summed E-state index contributed by atoms with van der Waals surface area (Å²) in [5, 5.41) is 9.14. The summed E-state index contributed by atoms with van der Waals surface area (Å²) < 4.78 is 36.7. The number of halogens is 4. The third-order valence-corrected chi connectivity index (χ3v) is 2.64. The Morgan fingerprint density at radius 1 is 1.31 bits per heavy atom. The van der Waals surface area contributed by atoms with E-state index in [0.717, 1.165) is 6.07 Å². The van der Waals surface area contributed by atoms with Crippen LogP contribution in [-0.2, 0) is 6.18 Å². The average Bonchev–Trinajstić information content (AvgIpc) is 1.94. The van der Waals surface area contributed by atoms with Gasteiger partial charge in [0.25, 0.3) is 0 Å². The van der Waals surface area contributed by atoms with Gasteiger partial charge >= 0.3 is 6.18 Å². The van der Waals surface area contributed by atoms with Gasteiger partial charge in [0, 0.05) is 0 Å². The molecule has 0 aliphatic carbocycles. The van der Waals surface area contributed by atoms with E-state index in [1.165, 1.54) is 35.6 Å². The summed E-state index contributed by atoms with van der Waals surface area (Å²) >= 11 is 1.48. The molecule has 0 amide bonds. The molecular weight excluding hydrogens is 296 g/mol. The molecule has 1 N–H and O–H groups in total. The third kappa shape index (κ3) is 2.26. The van der Waals surface area contributed by atoms with Crippen LogP contribution in [0.25, 0.3) is 0 Å². The molecule has 0 aromatic heterocycles. The highest BCUT2D eigenvalue weighted by Crippen LogP contribution is 2.37. The molecule has 0 saturated carbocycles. The Bertz CT molecular complexity index is 333. The van der Waals surface area contributed by atoms with Crippen molar-refractivity contribution in [3.63, 3.8) is 0 Å². The van der Waals surface area contributed by atoms with Gasteiger partial charge in [-0.25, -0.2) is 0 Å². The summed E-state index contributed by atoms with van der Waals surface area (Å²) in [4.78, 5) is 0. The van der Waals surface area contributed by atoms with Gasteiger partial charge in [-0.1, -0.05) is 0 Å². The summed E-state index contributed by atoms with van der Waals surface area (Å²) in [5.41, 5.74) is -0.393. The van der Waals surface area contributed by atoms with Crippen molar-refractivity contribution < 1.29 is 18.3 Å². The molecule has 5 heteroatoms. The molecule has 0 aliphatic rings. The van der Waals surface area contributed by atoms with Gasteiger partial charge in [0.1, 0.15) is 5.75 Å². The van der Waals surface area contributed by atoms with E-state index < -0.39 is 11.7 Å². The molecule has 0 heterocycles. The molecular formula is C8H6F3IO. The first-order valence-electron chi connectivity index (χ1n) is 3.38. The minimum Gasteiger partial charge on any atom is -0.507 e. The Morgan fingerprint density at radius 2 is 1.85 bits per heavy atom. The van der Waals surface area contributed by atoms with Gasteiger partial charge in [-0.2, -0.15) is 13.2 Å². The molecule has 13 heavy (non-hydrogen) atoms. The number of benzene rings is 1. The van der Waals surface area contributed by atoms with Gasteiger partial charge in [-0.3, -0.25) is 0 Å². The molecule has 1 aromatic carbocycles. The zero-order chi connectivity index (χ0) is 10.2. The van der Waals surface area contributed by atoms with E-state index in [-0.39, 0.29) is 9.32 Å². The van der Waals surface area contributed by atoms with Crippen molar-refractivity contribution in [2.24, 2.45) is 0 Å². The summed E-state index contributed by atoms with van der Waals surface area (Å²) in [6, 6.07) is 2.32. The number of aromatic hydroxyl groups is 1. The molecule has 72 valence electrons. The van der Waals surface area contributed by atoms with Crippen LogP contribution in [0.2, 0.25) is 0 Å². The molecule has 0 spiro atoms. The van der Waals surface area contributed by atoms with Crippen molar-refractivity contribution in [1.82, 2.24) is 0 Å². The quantitative estimate of drug-likeness (QED) is 0.729. The summed E-state index contributed by atoms with van der Waals surface area (Å²) in [5.74, 6) is -0.326. The normalized spacial score (nSPS) is 11.8. The maximum atomic E-state index is 12.3. The fourth-order valence-corrected chi connectivity index (χ4v) is 1.57. The summed E-state index contributed by atoms with van der Waals surface area (Å²) in [7, 11) is 0. The summed E-state index contributed by atoms with van der Waals surface area (Å²) in [6.07, 6.45) is -4.40. The van der Waals surface area contributed by atoms with Crippen LogP contribution in [0.4, 0.5) is 13.2 Å². The Hall–Kier alpha value is -0.460. The highest BCUT2D eigenvalue weighted by atomic mass is 127. The first kappa shape index (κ1) is 10.6. The fourth-order valence-electron chi connectivity index (χ4n) is 0.956. The lowest BCUT2D eigenvalue weighted by Crippen LogP contribution is -2.07. The Morgan fingerprint density at radius 3 is 2.31 bits per heavy atom. The van der Waals surface area contributed by atoms with Crippen molar-refractivity contribution in [3.8, 4) is 5.75 Å². The Labute approximate surface area is 86.7 Å². The van der Waals surface area contributed by atoms with Gasteiger partial charge in [0.15, 0.2) is 0 Å². The molecule has 1 nitrogen and oxygen atoms in total. The number of hydrogen-bond acceptors (Lipinski definition) is 1. The van der Waals surface area contributed by atoms with E-state index in [0.29, 0.717) is 5.56 Å². The van der Waals surface area contributed by atoms with Gasteiger partial charge in [-0.15, -0.1) is 0 Å². The molecule has 0 atom stereocenters. The third-order valence-electron chi connectivity index (χ3n) is 1.50. The molecule has 0 unspecified atom stereocenters. The lowest BCUT2D eigenvalue weighted by atomic mass is 10.1. The first-order valence-corrected chi connectivity index (χ1v) is 4.46. The minimum absolute atomic E-state index is 0.157. The SMILES string of the molecule is Cc1cc(O)c(I)c(C(F)(F)F)c1. The maximum Gasteiger partial charge on any atom is 0.417 e. The monoisotopic (exact) mass is 302 g/mol. The molecule has 0 aliphatic heterocycles. The van der Waals surface area contributed by atoms with Crippen molar-refractivity contribution in [2.75, 3.05) is 0 Å². The van der Waals surface area contributed by atoms with E-state index >= 15 is 0 Å². The second-order valence-corrected chi connectivity index (χ2v) is 3.72. The lowest BCUT2D eigenvalue weighted by molar-refractivity contribution is -0.138. The minimum atomic E-state index is -4.40. The molecule has 1 rings (SSSR count). The lowest BCUT2D eigenvalue weighted by Gasteiger charge is -2.10. The average molecular weight is 302 g/mol. The van der Waals surface area contributed by atoms with Crippen LogP contribution < -0.4 is 0 Å². The molecule has 0 radical (unpaired) electrons. The smallest absolute Gasteiger partial charge is 0.417 e. The number of phenols is 1. The largest absolute Gasteiger partial charge is 0.507 e. The van der Waals surface area contributed by atoms with Crippen molar-refractivity contribution in [2.45, 2.75) is 13.1 Å². The Balaban J connectivity index is 3.37. The number of hydrogen-bond donors (Lipinski definition) is 1. The van der Waals surface area contributed by atoms with Gasteiger partial charge < -0.3 is 5.11 Å². The molecule has 0 fully saturated rings. The van der Waals surface area contributed by atoms with E-state index in [1.807, 2.05) is 0 Å². The van der Waals surface area contributed by atoms with Crippen LogP contribution in [0.3, 0.4) is 0 Å². The standard InChI is InChI=1S/C8H6F3IO/c1-4-2-5(8(9,10)11)7(12)6(13)3-4/h2-3,13H,1H3. The Kier molecular flexibility index (Phi) is 2.74. The zero-order valence-corrected chi connectivity index (χ0v) is 8.77. The zero-order valence-electron chi connectivity index (χ0n) is 6.61. The van der Waals surface area contributed by atoms with Crippen LogP contribution in [0, 0.1) is 10.5 Å². The second-order valence-electron chi connectivity index (χ2n) is 2.64. The van der Waals surface area contributed by atoms with E-state index in [2.05, 4.69) is 0 Å². The van der Waals surface area contributed by atoms with E-state index in [1.54, 1.807) is 0 Å². The molecule has 0 bridgehead atoms. The van der Waals surface area contributed by atoms with Crippen molar-refractivity contribution in [1.29, 1.82) is 0 Å². The van der Waals surface area contributed by atoms with Crippen molar-refractivity contribution >= 4 is 22.6 Å². The predicted molar refractivity (Wildman–Crippen MR) is 50.6 cm³/mol. The van der Waals surface area contributed by atoms with E-state index in [9.17, 15) is 13.2 Å². The van der Waals surface area contributed by atoms with Gasteiger partial charge in [-0.05, 0) is 47.2 Å². The van der Waals surface area contributed by atoms with Gasteiger partial charge in [0.05, 0.1) is 9.13 Å². The van der Waals surface area contributed by atoms with Crippen LogP contribution >= 0.6 is 22.6 Å². The topological polar surface area (TPSA) is 20.2 Å². The number of phenolic OH excluding ortho intramolecular Hbond substituents is 1. The molecule has 0 saturated heterocycles. The van der Waals surface area contributed by atoms with Gasteiger partial charge in [0.2, 0.25) is 0 Å². The fraction of sp³-hybridized carbons (Fsp3) is 0.250. The highest BCUT2D eigenvalue weighted by Gasteiger charge is 2.34. The first-order chi connectivity index (χ1) is 5.82. The highest BCUT2D eigenvalue weighted by molar-refractivity contribution is 14.1. The van der Waals surface area contributed by atoms with Crippen molar-refractivity contribution in [3.05, 3.63) is 26.8 Å². The number of aryl methyl sites for hydroxylation is 1. The summed E-state index contributed by atoms with van der Waals surface area (Å²) in [6.45, 7) is 1.50. The predicted octanol–water partition coefficient (Wildman–Crippen LogP) is 3.32. The number of rotatable bonds is 0. The van der Waals surface area contributed by atoms with Crippen LogP contribution in [-0.4, -0.2) is 5.11 Å². The number of alkyl halides is 3.